The zero-order valence-electron chi connectivity index (χ0n) is 17.1. The standard InChI is InChI=1S/C21H26N4O5/c1-14-8-6-7-11-16(14)22-21(28)23-18(26)13-30-20(27)19-17(29-2)12-25(24-19)15-9-4-3-5-10-15/h3-5,9-10,12,14,16H,6-8,11,13H2,1-2H3,(H2,22,23,26,28)/t14-,16+/m0/s1. The van der Waals surface area contributed by atoms with E-state index in [0.717, 1.165) is 31.4 Å². The fraction of sp³-hybridized carbons (Fsp3) is 0.429. The Labute approximate surface area is 174 Å². The van der Waals surface area contributed by atoms with Gasteiger partial charge in [0.25, 0.3) is 5.91 Å². The van der Waals surface area contributed by atoms with Crippen LogP contribution in [0.3, 0.4) is 0 Å². The van der Waals surface area contributed by atoms with Crippen molar-refractivity contribution in [3.8, 4) is 11.4 Å². The maximum atomic E-state index is 12.4. The van der Waals surface area contributed by atoms with Crippen molar-refractivity contribution in [3.63, 3.8) is 0 Å². The number of aromatic nitrogens is 2. The van der Waals surface area contributed by atoms with E-state index in [4.69, 9.17) is 9.47 Å². The minimum Gasteiger partial charge on any atom is -0.493 e. The molecule has 1 saturated carbocycles. The third-order valence-corrected chi connectivity index (χ3v) is 5.13. The lowest BCUT2D eigenvalue weighted by molar-refractivity contribution is -0.123. The van der Waals surface area contributed by atoms with Crippen LogP contribution in [0.25, 0.3) is 5.69 Å². The van der Waals surface area contributed by atoms with Gasteiger partial charge in [-0.2, -0.15) is 5.10 Å². The number of carbonyl (C=O) groups is 3. The highest BCUT2D eigenvalue weighted by molar-refractivity contribution is 5.97. The molecule has 1 aromatic heterocycles. The van der Waals surface area contributed by atoms with Crippen molar-refractivity contribution in [2.24, 2.45) is 5.92 Å². The van der Waals surface area contributed by atoms with E-state index < -0.39 is 24.5 Å². The number of benzene rings is 1. The maximum Gasteiger partial charge on any atom is 0.363 e. The maximum absolute atomic E-state index is 12.4. The Bertz CT molecular complexity index is 896. The van der Waals surface area contributed by atoms with E-state index in [0.29, 0.717) is 5.92 Å². The van der Waals surface area contributed by atoms with Gasteiger partial charge in [0.2, 0.25) is 5.69 Å². The van der Waals surface area contributed by atoms with E-state index in [-0.39, 0.29) is 17.5 Å². The molecule has 0 spiro atoms. The number of methoxy groups -OCH3 is 1. The molecule has 2 atom stereocenters. The highest BCUT2D eigenvalue weighted by atomic mass is 16.5. The monoisotopic (exact) mass is 414 g/mol. The summed E-state index contributed by atoms with van der Waals surface area (Å²) in [6, 6.07) is 8.64. The second kappa shape index (κ2) is 9.91. The van der Waals surface area contributed by atoms with Gasteiger partial charge >= 0.3 is 12.0 Å². The summed E-state index contributed by atoms with van der Waals surface area (Å²) in [4.78, 5) is 36.4. The number of urea groups is 1. The quantitative estimate of drug-likeness (QED) is 0.703. The zero-order chi connectivity index (χ0) is 21.5. The summed E-state index contributed by atoms with van der Waals surface area (Å²) in [6.45, 7) is 1.48. The molecule has 1 fully saturated rings. The summed E-state index contributed by atoms with van der Waals surface area (Å²) >= 11 is 0. The minimum absolute atomic E-state index is 0.0420. The lowest BCUT2D eigenvalue weighted by Crippen LogP contribution is -2.48. The number of hydrogen-bond acceptors (Lipinski definition) is 6. The molecule has 2 N–H and O–H groups in total. The van der Waals surface area contributed by atoms with Crippen LogP contribution in [-0.4, -0.2) is 47.4 Å². The van der Waals surface area contributed by atoms with Gasteiger partial charge in [0.05, 0.1) is 19.0 Å². The number of imide groups is 1. The van der Waals surface area contributed by atoms with Crippen LogP contribution in [0, 0.1) is 5.92 Å². The van der Waals surface area contributed by atoms with E-state index >= 15 is 0 Å². The Morgan fingerprint density at radius 3 is 2.60 bits per heavy atom. The number of amides is 3. The van der Waals surface area contributed by atoms with Gasteiger partial charge < -0.3 is 14.8 Å². The molecule has 0 unspecified atom stereocenters. The highest BCUT2D eigenvalue weighted by Gasteiger charge is 2.24. The molecule has 160 valence electrons. The molecule has 3 rings (SSSR count). The fourth-order valence-electron chi connectivity index (χ4n) is 3.46. The summed E-state index contributed by atoms with van der Waals surface area (Å²) in [6.07, 6.45) is 5.69. The van der Waals surface area contributed by atoms with Gasteiger partial charge in [-0.1, -0.05) is 38.0 Å². The first-order valence-corrected chi connectivity index (χ1v) is 9.94. The number of carbonyl (C=O) groups excluding carboxylic acids is 3. The average Bonchev–Trinajstić information content (AvgIpc) is 3.19. The van der Waals surface area contributed by atoms with Gasteiger partial charge in [0.15, 0.2) is 12.4 Å². The lowest BCUT2D eigenvalue weighted by atomic mass is 9.86. The zero-order valence-corrected chi connectivity index (χ0v) is 17.1. The van der Waals surface area contributed by atoms with Crippen LogP contribution in [-0.2, 0) is 9.53 Å². The van der Waals surface area contributed by atoms with E-state index in [2.05, 4.69) is 22.7 Å². The Hall–Kier alpha value is -3.36. The second-order valence-corrected chi connectivity index (χ2v) is 7.29. The molecular weight excluding hydrogens is 388 g/mol. The Kier molecular flexibility index (Phi) is 7.05. The molecule has 3 amide bonds. The summed E-state index contributed by atoms with van der Waals surface area (Å²) in [5.41, 5.74) is 0.677. The van der Waals surface area contributed by atoms with Crippen molar-refractivity contribution in [1.82, 2.24) is 20.4 Å². The number of hydrogen-bond donors (Lipinski definition) is 2. The molecule has 0 saturated heterocycles. The van der Waals surface area contributed by atoms with Crippen LogP contribution in [0.15, 0.2) is 36.5 Å². The predicted molar refractivity (Wildman–Crippen MR) is 108 cm³/mol. The molecule has 0 aliphatic heterocycles. The van der Waals surface area contributed by atoms with Crippen LogP contribution in [0.2, 0.25) is 0 Å². The largest absolute Gasteiger partial charge is 0.493 e. The van der Waals surface area contributed by atoms with Gasteiger partial charge in [0, 0.05) is 6.04 Å². The molecule has 1 heterocycles. The summed E-state index contributed by atoms with van der Waals surface area (Å²) in [5, 5.41) is 9.18. The van der Waals surface area contributed by atoms with Crippen LogP contribution < -0.4 is 15.4 Å². The Morgan fingerprint density at radius 1 is 1.17 bits per heavy atom. The topological polar surface area (TPSA) is 112 Å². The molecule has 9 nitrogen and oxygen atoms in total. The van der Waals surface area contributed by atoms with Crippen molar-refractivity contribution >= 4 is 17.9 Å². The van der Waals surface area contributed by atoms with Crippen LogP contribution >= 0.6 is 0 Å². The first kappa shape index (κ1) is 21.4. The normalized spacial score (nSPS) is 18.3. The van der Waals surface area contributed by atoms with Crippen LogP contribution in [0.5, 0.6) is 5.75 Å². The van der Waals surface area contributed by atoms with Crippen molar-refractivity contribution in [1.29, 1.82) is 0 Å². The van der Waals surface area contributed by atoms with E-state index in [9.17, 15) is 14.4 Å². The molecule has 0 radical (unpaired) electrons. The first-order chi connectivity index (χ1) is 14.5. The van der Waals surface area contributed by atoms with Crippen molar-refractivity contribution in [2.75, 3.05) is 13.7 Å². The smallest absolute Gasteiger partial charge is 0.363 e. The molecule has 1 aliphatic carbocycles. The SMILES string of the molecule is COc1cn(-c2ccccc2)nc1C(=O)OCC(=O)NC(=O)N[C@@H]1CCCC[C@@H]1C. The number of para-hydroxylation sites is 1. The van der Waals surface area contributed by atoms with E-state index in [1.807, 2.05) is 30.3 Å². The van der Waals surface area contributed by atoms with Gasteiger partial charge in [0.1, 0.15) is 0 Å². The van der Waals surface area contributed by atoms with Gasteiger partial charge in [-0.05, 0) is 30.9 Å². The molecule has 9 heteroatoms. The third kappa shape index (κ3) is 5.37. The second-order valence-electron chi connectivity index (χ2n) is 7.29. The molecule has 1 aliphatic rings. The minimum atomic E-state index is -0.821. The summed E-state index contributed by atoms with van der Waals surface area (Å²) in [5.74, 6) is -0.957. The molecule has 1 aromatic carbocycles. The van der Waals surface area contributed by atoms with Crippen LogP contribution in [0.4, 0.5) is 4.79 Å². The van der Waals surface area contributed by atoms with Crippen molar-refractivity contribution in [3.05, 3.63) is 42.2 Å². The number of nitrogens with one attached hydrogen (secondary N) is 2. The van der Waals surface area contributed by atoms with Crippen molar-refractivity contribution < 1.29 is 23.9 Å². The summed E-state index contributed by atoms with van der Waals surface area (Å²) in [7, 11) is 1.41. The first-order valence-electron chi connectivity index (χ1n) is 9.94. The molecule has 30 heavy (non-hydrogen) atoms. The molecule has 2 aromatic rings. The van der Waals surface area contributed by atoms with Crippen molar-refractivity contribution in [2.45, 2.75) is 38.6 Å². The average molecular weight is 414 g/mol. The Morgan fingerprint density at radius 2 is 1.90 bits per heavy atom. The number of rotatable bonds is 6. The number of nitrogens with zero attached hydrogens (tertiary/aromatic N) is 2. The van der Waals surface area contributed by atoms with E-state index in [1.54, 1.807) is 6.20 Å². The van der Waals surface area contributed by atoms with Gasteiger partial charge in [-0.15, -0.1) is 0 Å². The highest BCUT2D eigenvalue weighted by Crippen LogP contribution is 2.23. The lowest BCUT2D eigenvalue weighted by Gasteiger charge is -2.29. The molecule has 0 bridgehead atoms. The van der Waals surface area contributed by atoms with Gasteiger partial charge in [-0.3, -0.25) is 10.1 Å². The fourth-order valence-corrected chi connectivity index (χ4v) is 3.46. The summed E-state index contributed by atoms with van der Waals surface area (Å²) < 4.78 is 11.7. The molecular formula is C21H26N4O5. The van der Waals surface area contributed by atoms with E-state index in [1.165, 1.54) is 11.8 Å². The van der Waals surface area contributed by atoms with Crippen LogP contribution in [0.1, 0.15) is 43.1 Å². The predicted octanol–water partition coefficient (Wildman–Crippen LogP) is 2.44. The third-order valence-electron chi connectivity index (χ3n) is 5.13. The Balaban J connectivity index is 1.53. The van der Waals surface area contributed by atoms with Gasteiger partial charge in [-0.25, -0.2) is 14.3 Å². The number of esters is 1. The number of ether oxygens (including phenoxy) is 2.